The van der Waals surface area contributed by atoms with Crippen molar-refractivity contribution in [1.82, 2.24) is 19.9 Å². The molecule has 0 fully saturated rings. The first-order chi connectivity index (χ1) is 14.6. The zero-order chi connectivity index (χ0) is 21.1. The summed E-state index contributed by atoms with van der Waals surface area (Å²) in [4.78, 5) is 16.7. The number of amides is 2. The molecule has 4 N–H and O–H groups in total. The largest absolute Gasteiger partial charge is 0.486 e. The maximum atomic E-state index is 12.1. The Hall–Kier alpha value is -4.20. The molecule has 3 aromatic rings. The first kappa shape index (κ1) is 19.1. The van der Waals surface area contributed by atoms with Gasteiger partial charge in [0.2, 0.25) is 0 Å². The highest BCUT2D eigenvalue weighted by Crippen LogP contribution is 2.38. The van der Waals surface area contributed by atoms with Crippen LogP contribution in [-0.4, -0.2) is 46.9 Å². The van der Waals surface area contributed by atoms with Crippen molar-refractivity contribution in [1.29, 1.82) is 5.26 Å². The Bertz CT molecular complexity index is 1140. The molecule has 0 bridgehead atoms. The van der Waals surface area contributed by atoms with E-state index >= 15 is 0 Å². The zero-order valence-corrected chi connectivity index (χ0v) is 16.4. The maximum absolute atomic E-state index is 12.1. The highest BCUT2D eigenvalue weighted by molar-refractivity contribution is 5.93. The molecule has 1 atom stereocenters. The standard InChI is InChI=1S/C19H20N8O3/c1-11(9-20)23-19(28)25-13-10-22-27-16(21-2)8-15(26-18(13)27)24-12-4-3-5-14-17(12)30-7-6-29-14/h3-5,8,10-11,21H,6-7H2,1-2H3,(H,24,26)(H2,23,25,28)/t11-/m0/s1. The summed E-state index contributed by atoms with van der Waals surface area (Å²) in [6.45, 7) is 2.55. The molecule has 11 nitrogen and oxygen atoms in total. The van der Waals surface area contributed by atoms with E-state index in [1.165, 1.54) is 6.20 Å². The van der Waals surface area contributed by atoms with Crippen LogP contribution in [0.25, 0.3) is 5.65 Å². The Morgan fingerprint density at radius 1 is 1.30 bits per heavy atom. The number of nitrogens with one attached hydrogen (secondary N) is 4. The molecular formula is C19H20N8O3. The number of fused-ring (bicyclic) bond motifs is 2. The van der Waals surface area contributed by atoms with Gasteiger partial charge < -0.3 is 30.7 Å². The van der Waals surface area contributed by atoms with Gasteiger partial charge >= 0.3 is 6.03 Å². The number of hydrogen-bond donors (Lipinski definition) is 4. The van der Waals surface area contributed by atoms with Gasteiger partial charge in [-0.3, -0.25) is 0 Å². The van der Waals surface area contributed by atoms with E-state index in [1.807, 2.05) is 24.3 Å². The van der Waals surface area contributed by atoms with Crippen molar-refractivity contribution in [3.63, 3.8) is 0 Å². The minimum atomic E-state index is -0.628. The molecule has 1 aliphatic rings. The second-order valence-corrected chi connectivity index (χ2v) is 6.47. The summed E-state index contributed by atoms with van der Waals surface area (Å²) in [5.74, 6) is 2.46. The van der Waals surface area contributed by atoms with Crippen LogP contribution in [0, 0.1) is 11.3 Å². The van der Waals surface area contributed by atoms with Crippen molar-refractivity contribution in [3.8, 4) is 17.6 Å². The molecule has 154 valence electrons. The molecule has 4 rings (SSSR count). The van der Waals surface area contributed by atoms with Gasteiger partial charge in [0.15, 0.2) is 17.1 Å². The number of urea groups is 1. The van der Waals surface area contributed by atoms with Gasteiger partial charge in [-0.05, 0) is 19.1 Å². The summed E-state index contributed by atoms with van der Waals surface area (Å²) in [5, 5.41) is 24.6. The van der Waals surface area contributed by atoms with E-state index in [0.717, 1.165) is 0 Å². The third-order valence-electron chi connectivity index (χ3n) is 4.35. The fourth-order valence-corrected chi connectivity index (χ4v) is 2.99. The molecule has 30 heavy (non-hydrogen) atoms. The average Bonchev–Trinajstić information content (AvgIpc) is 3.15. The van der Waals surface area contributed by atoms with Gasteiger partial charge in [0.25, 0.3) is 0 Å². The predicted octanol–water partition coefficient (Wildman–Crippen LogP) is 2.32. The number of benzene rings is 1. The van der Waals surface area contributed by atoms with E-state index in [1.54, 1.807) is 24.6 Å². The van der Waals surface area contributed by atoms with Crippen molar-refractivity contribution in [2.45, 2.75) is 13.0 Å². The lowest BCUT2D eigenvalue weighted by Crippen LogP contribution is -2.35. The lowest BCUT2D eigenvalue weighted by Gasteiger charge is -2.21. The van der Waals surface area contributed by atoms with Crippen molar-refractivity contribution < 1.29 is 14.3 Å². The number of anilines is 4. The summed E-state index contributed by atoms with van der Waals surface area (Å²) in [6, 6.07) is 8.14. The fourth-order valence-electron chi connectivity index (χ4n) is 2.99. The Morgan fingerprint density at radius 2 is 2.13 bits per heavy atom. The number of aromatic nitrogens is 3. The molecular weight excluding hydrogens is 388 g/mol. The number of hydrogen-bond acceptors (Lipinski definition) is 8. The Morgan fingerprint density at radius 3 is 2.93 bits per heavy atom. The summed E-state index contributed by atoms with van der Waals surface area (Å²) in [7, 11) is 1.76. The van der Waals surface area contributed by atoms with Crippen LogP contribution >= 0.6 is 0 Å². The van der Waals surface area contributed by atoms with E-state index in [-0.39, 0.29) is 0 Å². The summed E-state index contributed by atoms with van der Waals surface area (Å²) < 4.78 is 12.9. The summed E-state index contributed by atoms with van der Waals surface area (Å²) in [5.41, 5.74) is 1.53. The molecule has 0 radical (unpaired) electrons. The van der Waals surface area contributed by atoms with Crippen LogP contribution in [0.4, 0.5) is 27.8 Å². The predicted molar refractivity (Wildman–Crippen MR) is 110 cm³/mol. The number of nitriles is 1. The van der Waals surface area contributed by atoms with Gasteiger partial charge in [-0.15, -0.1) is 0 Å². The number of rotatable bonds is 5. The second kappa shape index (κ2) is 8.04. The molecule has 0 aliphatic carbocycles. The van der Waals surface area contributed by atoms with Crippen molar-refractivity contribution in [2.75, 3.05) is 36.2 Å². The van der Waals surface area contributed by atoms with Crippen LogP contribution in [-0.2, 0) is 0 Å². The zero-order valence-electron chi connectivity index (χ0n) is 16.4. The van der Waals surface area contributed by atoms with E-state index in [9.17, 15) is 4.79 Å². The van der Waals surface area contributed by atoms with Gasteiger partial charge in [-0.1, -0.05) is 6.07 Å². The topological polar surface area (TPSA) is 138 Å². The Balaban J connectivity index is 1.67. The molecule has 0 unspecified atom stereocenters. The highest BCUT2D eigenvalue weighted by Gasteiger charge is 2.18. The number of nitrogens with zero attached hydrogens (tertiary/aromatic N) is 4. The van der Waals surface area contributed by atoms with Gasteiger partial charge in [0, 0.05) is 13.1 Å². The molecule has 1 aromatic carbocycles. The van der Waals surface area contributed by atoms with Gasteiger partial charge in [-0.25, -0.2) is 9.78 Å². The molecule has 3 heterocycles. The molecule has 2 amide bonds. The van der Waals surface area contributed by atoms with E-state index in [2.05, 4.69) is 31.3 Å². The first-order valence-electron chi connectivity index (χ1n) is 9.28. The van der Waals surface area contributed by atoms with Crippen molar-refractivity contribution in [3.05, 3.63) is 30.5 Å². The van der Waals surface area contributed by atoms with Crippen LogP contribution in [0.2, 0.25) is 0 Å². The number of carbonyl (C=O) groups excluding carboxylic acids is 1. The fraction of sp³-hybridized carbons (Fsp3) is 0.263. The minimum absolute atomic E-state index is 0.396. The van der Waals surface area contributed by atoms with Crippen LogP contribution < -0.4 is 30.7 Å². The number of para-hydroxylation sites is 1. The van der Waals surface area contributed by atoms with E-state index < -0.39 is 12.1 Å². The minimum Gasteiger partial charge on any atom is -0.486 e. The molecule has 2 aromatic heterocycles. The number of ether oxygens (including phenoxy) is 2. The van der Waals surface area contributed by atoms with Crippen molar-refractivity contribution in [2.24, 2.45) is 0 Å². The van der Waals surface area contributed by atoms with Gasteiger partial charge in [0.1, 0.15) is 36.6 Å². The van der Waals surface area contributed by atoms with Gasteiger partial charge in [0.05, 0.1) is 18.0 Å². The van der Waals surface area contributed by atoms with Crippen molar-refractivity contribution >= 4 is 34.7 Å². The average molecular weight is 408 g/mol. The summed E-state index contributed by atoms with van der Waals surface area (Å²) in [6.07, 6.45) is 1.49. The SMILES string of the molecule is CNc1cc(Nc2cccc3c2OCCO3)nc2c(NC(=O)N[C@@H](C)C#N)cnn12. The maximum Gasteiger partial charge on any atom is 0.320 e. The van der Waals surface area contributed by atoms with E-state index in [4.69, 9.17) is 14.7 Å². The van der Waals surface area contributed by atoms with Gasteiger partial charge in [-0.2, -0.15) is 14.9 Å². The molecule has 0 saturated carbocycles. The molecule has 0 spiro atoms. The number of carbonyl (C=O) groups is 1. The van der Waals surface area contributed by atoms with Crippen LogP contribution in [0.1, 0.15) is 6.92 Å². The quantitative estimate of drug-likeness (QED) is 0.505. The van der Waals surface area contributed by atoms with Crippen LogP contribution in [0.15, 0.2) is 30.5 Å². The monoisotopic (exact) mass is 408 g/mol. The van der Waals surface area contributed by atoms with Crippen LogP contribution in [0.5, 0.6) is 11.5 Å². The lowest BCUT2D eigenvalue weighted by molar-refractivity contribution is 0.172. The summed E-state index contributed by atoms with van der Waals surface area (Å²) >= 11 is 0. The third kappa shape index (κ3) is 3.70. The highest BCUT2D eigenvalue weighted by atomic mass is 16.6. The first-order valence-corrected chi connectivity index (χ1v) is 9.28. The third-order valence-corrected chi connectivity index (χ3v) is 4.35. The molecule has 1 aliphatic heterocycles. The van der Waals surface area contributed by atoms with Crippen LogP contribution in [0.3, 0.4) is 0 Å². The lowest BCUT2D eigenvalue weighted by atomic mass is 10.2. The molecule has 11 heteroatoms. The smallest absolute Gasteiger partial charge is 0.320 e. The Kier molecular flexibility index (Phi) is 5.13. The second-order valence-electron chi connectivity index (χ2n) is 6.47. The van der Waals surface area contributed by atoms with E-state index in [0.29, 0.717) is 53.4 Å². The normalized spacial score (nSPS) is 13.2. The Labute approximate surface area is 172 Å². The molecule has 0 saturated heterocycles.